The maximum atomic E-state index is 13.6. The van der Waals surface area contributed by atoms with E-state index in [4.69, 9.17) is 4.42 Å². The first kappa shape index (κ1) is 29.2. The number of carbonyl (C=O) groups is 2. The second kappa shape index (κ2) is 10.2. The highest BCUT2D eigenvalue weighted by Gasteiger charge is 2.44. The van der Waals surface area contributed by atoms with Crippen LogP contribution in [0.2, 0.25) is 0 Å². The molecule has 1 aliphatic rings. The number of furan rings is 1. The standard InChI is InChI=1S/C30H27F2N5O6/c1-15-7-17(13-33)10-18(8-15)25-26-19(11-23(41-26)27(39)34-29(3,4)5)28(40)37(35-25)14-24(38)36(6)20-12-22-21(9-16(20)2)42-30(31,32)43-22/h7-12H,14H2,1-6H3,(H,34,39). The zero-order valence-electron chi connectivity index (χ0n) is 24.2. The Bertz CT molecular complexity index is 1920. The Morgan fingerprint density at radius 2 is 1.77 bits per heavy atom. The minimum Gasteiger partial charge on any atom is -0.448 e. The number of aryl methyl sites for hydroxylation is 2. The Hall–Kier alpha value is -5.25. The molecule has 11 nitrogen and oxygen atoms in total. The number of anilines is 1. The van der Waals surface area contributed by atoms with Crippen LogP contribution in [0, 0.1) is 25.2 Å². The summed E-state index contributed by atoms with van der Waals surface area (Å²) < 4.78 is 42.9. The molecule has 1 aliphatic heterocycles. The van der Waals surface area contributed by atoms with Crippen molar-refractivity contribution in [3.05, 3.63) is 69.2 Å². The number of carbonyl (C=O) groups excluding carboxylic acids is 2. The van der Waals surface area contributed by atoms with Crippen molar-refractivity contribution in [1.29, 1.82) is 5.26 Å². The monoisotopic (exact) mass is 591 g/mol. The van der Waals surface area contributed by atoms with Crippen LogP contribution in [0.1, 0.15) is 48.0 Å². The fourth-order valence-electron chi connectivity index (χ4n) is 4.69. The molecular formula is C30H27F2N5O6. The summed E-state index contributed by atoms with van der Waals surface area (Å²) in [6.07, 6.45) is -3.83. The average Bonchev–Trinajstić information content (AvgIpc) is 3.48. The van der Waals surface area contributed by atoms with E-state index < -0.39 is 35.8 Å². The zero-order valence-corrected chi connectivity index (χ0v) is 24.2. The van der Waals surface area contributed by atoms with Crippen molar-refractivity contribution in [3.63, 3.8) is 0 Å². The number of likely N-dealkylation sites (N-methyl/N-ethyl adjacent to an activating group) is 1. The molecule has 0 saturated heterocycles. The summed E-state index contributed by atoms with van der Waals surface area (Å²) in [5.41, 5.74) is 1.06. The predicted octanol–water partition coefficient (Wildman–Crippen LogP) is 4.66. The first-order valence-corrected chi connectivity index (χ1v) is 13.1. The summed E-state index contributed by atoms with van der Waals surface area (Å²) in [7, 11) is 1.42. The number of nitrogens with one attached hydrogen (secondary N) is 1. The van der Waals surface area contributed by atoms with E-state index in [1.807, 2.05) is 0 Å². The molecule has 4 aromatic rings. The molecule has 222 valence electrons. The minimum atomic E-state index is -3.83. The molecule has 0 spiro atoms. The SMILES string of the molecule is Cc1cc(C#N)cc(-c2nn(CC(=O)N(C)c3cc4c(cc3C)OC(F)(F)O4)c(=O)c3cc(C(=O)NC(C)(C)C)oc23)c1. The van der Waals surface area contributed by atoms with Crippen molar-refractivity contribution in [2.45, 2.75) is 53.0 Å². The molecule has 2 aromatic heterocycles. The molecular weight excluding hydrogens is 564 g/mol. The maximum absolute atomic E-state index is 13.6. The number of amides is 2. The van der Waals surface area contributed by atoms with Crippen LogP contribution in [0.15, 0.2) is 45.6 Å². The molecule has 0 aliphatic carbocycles. The van der Waals surface area contributed by atoms with Gasteiger partial charge in [-0.1, -0.05) is 0 Å². The van der Waals surface area contributed by atoms with Gasteiger partial charge in [-0.3, -0.25) is 14.4 Å². The van der Waals surface area contributed by atoms with Crippen molar-refractivity contribution in [2.24, 2.45) is 0 Å². The summed E-state index contributed by atoms with van der Waals surface area (Å²) in [5.74, 6) is -1.70. The Morgan fingerprint density at radius 1 is 1.09 bits per heavy atom. The number of nitrogens with zero attached hydrogens (tertiary/aromatic N) is 4. The van der Waals surface area contributed by atoms with Crippen LogP contribution in [0.25, 0.3) is 22.2 Å². The summed E-state index contributed by atoms with van der Waals surface area (Å²) in [6, 6.07) is 10.9. The maximum Gasteiger partial charge on any atom is 0.586 e. The van der Waals surface area contributed by atoms with Gasteiger partial charge in [-0.15, -0.1) is 8.78 Å². The summed E-state index contributed by atoms with van der Waals surface area (Å²) in [4.78, 5) is 41.1. The molecule has 5 rings (SSSR count). The Balaban J connectivity index is 1.58. The van der Waals surface area contributed by atoms with E-state index in [2.05, 4.69) is 26.0 Å². The second-order valence-corrected chi connectivity index (χ2v) is 11.3. The zero-order chi connectivity index (χ0) is 31.4. The van der Waals surface area contributed by atoms with Crippen LogP contribution in [-0.2, 0) is 11.3 Å². The second-order valence-electron chi connectivity index (χ2n) is 11.3. The van der Waals surface area contributed by atoms with Crippen LogP contribution >= 0.6 is 0 Å². The van der Waals surface area contributed by atoms with Gasteiger partial charge in [-0.05, 0) is 70.0 Å². The number of hydrogen-bond acceptors (Lipinski definition) is 8. The van der Waals surface area contributed by atoms with Crippen molar-refractivity contribution < 1.29 is 32.3 Å². The van der Waals surface area contributed by atoms with Gasteiger partial charge in [0.05, 0.1) is 22.7 Å². The van der Waals surface area contributed by atoms with Crippen molar-refractivity contribution in [1.82, 2.24) is 15.1 Å². The molecule has 13 heteroatoms. The quantitative estimate of drug-likeness (QED) is 0.354. The Labute approximate surface area is 244 Å². The lowest BCUT2D eigenvalue weighted by atomic mass is 10.0. The lowest BCUT2D eigenvalue weighted by Crippen LogP contribution is -2.40. The molecule has 2 aromatic carbocycles. The number of nitriles is 1. The number of hydrogen-bond donors (Lipinski definition) is 1. The van der Waals surface area contributed by atoms with E-state index >= 15 is 0 Å². The van der Waals surface area contributed by atoms with Gasteiger partial charge in [0.2, 0.25) is 5.91 Å². The third-order valence-corrected chi connectivity index (χ3v) is 6.57. The average molecular weight is 592 g/mol. The Kier molecular flexibility index (Phi) is 6.96. The number of benzene rings is 2. The lowest BCUT2D eigenvalue weighted by Gasteiger charge is -2.20. The molecule has 43 heavy (non-hydrogen) atoms. The van der Waals surface area contributed by atoms with Crippen molar-refractivity contribution in [2.75, 3.05) is 11.9 Å². The molecule has 1 N–H and O–H groups in total. The van der Waals surface area contributed by atoms with E-state index in [-0.39, 0.29) is 39.6 Å². The predicted molar refractivity (Wildman–Crippen MR) is 151 cm³/mol. The first-order chi connectivity index (χ1) is 20.0. The van der Waals surface area contributed by atoms with Gasteiger partial charge >= 0.3 is 6.29 Å². The molecule has 0 saturated carbocycles. The number of alkyl halides is 2. The van der Waals surface area contributed by atoms with E-state index in [0.717, 1.165) is 10.2 Å². The summed E-state index contributed by atoms with van der Waals surface area (Å²) in [6.45, 7) is 8.21. The van der Waals surface area contributed by atoms with Gasteiger partial charge in [0.1, 0.15) is 12.2 Å². The van der Waals surface area contributed by atoms with Crippen molar-refractivity contribution in [3.8, 4) is 28.8 Å². The van der Waals surface area contributed by atoms with Gasteiger partial charge in [0.25, 0.3) is 11.5 Å². The Morgan fingerprint density at radius 3 is 2.42 bits per heavy atom. The fourth-order valence-corrected chi connectivity index (χ4v) is 4.69. The molecule has 0 unspecified atom stereocenters. The van der Waals surface area contributed by atoms with Gasteiger partial charge in [0.15, 0.2) is 22.8 Å². The van der Waals surface area contributed by atoms with E-state index in [0.29, 0.717) is 16.7 Å². The number of rotatable bonds is 5. The fraction of sp³-hybridized carbons (Fsp3) is 0.300. The van der Waals surface area contributed by atoms with Gasteiger partial charge < -0.3 is 24.1 Å². The smallest absolute Gasteiger partial charge is 0.448 e. The van der Waals surface area contributed by atoms with Gasteiger partial charge in [-0.2, -0.15) is 10.4 Å². The number of fused-ring (bicyclic) bond motifs is 2. The van der Waals surface area contributed by atoms with E-state index in [9.17, 15) is 28.4 Å². The molecule has 0 radical (unpaired) electrons. The number of ether oxygens (including phenoxy) is 2. The molecule has 0 bridgehead atoms. The largest absolute Gasteiger partial charge is 0.586 e. The topological polar surface area (TPSA) is 140 Å². The summed E-state index contributed by atoms with van der Waals surface area (Å²) in [5, 5.41) is 16.7. The molecule has 3 heterocycles. The normalized spacial score (nSPS) is 13.6. The highest BCUT2D eigenvalue weighted by Crippen LogP contribution is 2.44. The molecule has 2 amide bonds. The van der Waals surface area contributed by atoms with Crippen LogP contribution in [0.5, 0.6) is 11.5 Å². The minimum absolute atomic E-state index is 0.000942. The van der Waals surface area contributed by atoms with Crippen LogP contribution < -0.4 is 25.2 Å². The van der Waals surface area contributed by atoms with Crippen LogP contribution in [-0.4, -0.2) is 40.5 Å². The van der Waals surface area contributed by atoms with E-state index in [1.165, 1.54) is 30.1 Å². The highest BCUT2D eigenvalue weighted by molar-refractivity contribution is 5.99. The first-order valence-electron chi connectivity index (χ1n) is 13.1. The van der Waals surface area contributed by atoms with Gasteiger partial charge in [0, 0.05) is 30.3 Å². The highest BCUT2D eigenvalue weighted by atomic mass is 19.3. The molecule has 0 atom stereocenters. The van der Waals surface area contributed by atoms with E-state index in [1.54, 1.807) is 52.8 Å². The molecule has 0 fully saturated rings. The lowest BCUT2D eigenvalue weighted by molar-refractivity contribution is -0.286. The third-order valence-electron chi connectivity index (χ3n) is 6.57. The third kappa shape index (κ3) is 5.76. The number of aromatic nitrogens is 2. The van der Waals surface area contributed by atoms with Crippen LogP contribution in [0.3, 0.4) is 0 Å². The van der Waals surface area contributed by atoms with Gasteiger partial charge in [-0.25, -0.2) is 4.68 Å². The van der Waals surface area contributed by atoms with Crippen molar-refractivity contribution >= 4 is 28.5 Å². The van der Waals surface area contributed by atoms with Crippen LogP contribution in [0.4, 0.5) is 14.5 Å². The summed E-state index contributed by atoms with van der Waals surface area (Å²) >= 11 is 0. The number of halogens is 2.